The molecule has 2 atom stereocenters. The van der Waals surface area contributed by atoms with Crippen molar-refractivity contribution in [2.24, 2.45) is 0 Å². The van der Waals surface area contributed by atoms with Gasteiger partial charge in [0, 0.05) is 13.0 Å². The van der Waals surface area contributed by atoms with E-state index in [4.69, 9.17) is 4.74 Å². The summed E-state index contributed by atoms with van der Waals surface area (Å²) in [5.41, 5.74) is -0.221. The fraction of sp³-hybridized carbons (Fsp3) is 0.467. The Kier molecular flexibility index (Phi) is 4.47. The number of aliphatic carboxylic acids is 1. The molecule has 1 fully saturated rings. The summed E-state index contributed by atoms with van der Waals surface area (Å²) in [4.78, 5) is 23.5. The molecule has 0 aromatic heterocycles. The van der Waals surface area contributed by atoms with Gasteiger partial charge in [-0.05, 0) is 37.5 Å². The number of benzene rings is 1. The Hall–Kier alpha value is -2.08. The van der Waals surface area contributed by atoms with E-state index in [-0.39, 0.29) is 12.2 Å². The van der Waals surface area contributed by atoms with Gasteiger partial charge in [-0.2, -0.15) is 0 Å². The molecule has 0 radical (unpaired) electrons. The molecule has 0 spiro atoms. The lowest BCUT2D eigenvalue weighted by atomic mass is 10.00. The molecule has 6 heteroatoms. The molecular weight excluding hydrogens is 274 g/mol. The first kappa shape index (κ1) is 15.3. The van der Waals surface area contributed by atoms with Crippen molar-refractivity contribution in [2.45, 2.75) is 37.8 Å². The number of hydrogen-bond acceptors (Lipinski definition) is 4. The zero-order valence-corrected chi connectivity index (χ0v) is 11.8. The summed E-state index contributed by atoms with van der Waals surface area (Å²) in [7, 11) is 0. The average Bonchev–Trinajstić information content (AvgIpc) is 2.88. The molecule has 114 valence electrons. The molecule has 1 aromatic carbocycles. The van der Waals surface area contributed by atoms with Crippen molar-refractivity contribution < 1.29 is 24.5 Å². The van der Waals surface area contributed by atoms with Crippen LogP contribution in [0.5, 0.6) is 5.75 Å². The Bertz CT molecular complexity index is 519. The van der Waals surface area contributed by atoms with Crippen molar-refractivity contribution in [1.82, 2.24) is 5.32 Å². The minimum Gasteiger partial charge on any atom is -0.508 e. The summed E-state index contributed by atoms with van der Waals surface area (Å²) in [6.07, 6.45) is 1.53. The molecule has 1 unspecified atom stereocenters. The van der Waals surface area contributed by atoms with Gasteiger partial charge in [0.05, 0.1) is 0 Å². The molecular formula is C15H19NO5. The largest absolute Gasteiger partial charge is 0.508 e. The van der Waals surface area contributed by atoms with Gasteiger partial charge >= 0.3 is 5.97 Å². The number of amides is 1. The van der Waals surface area contributed by atoms with E-state index in [2.05, 4.69) is 5.32 Å². The van der Waals surface area contributed by atoms with Crippen molar-refractivity contribution in [2.75, 3.05) is 6.61 Å². The third-order valence-corrected chi connectivity index (χ3v) is 3.68. The van der Waals surface area contributed by atoms with Crippen LogP contribution in [0.1, 0.15) is 25.3 Å². The van der Waals surface area contributed by atoms with Crippen molar-refractivity contribution in [3.05, 3.63) is 29.8 Å². The van der Waals surface area contributed by atoms with E-state index in [1.807, 2.05) is 0 Å². The highest BCUT2D eigenvalue weighted by Crippen LogP contribution is 2.25. The van der Waals surface area contributed by atoms with E-state index in [0.717, 1.165) is 12.0 Å². The van der Waals surface area contributed by atoms with Gasteiger partial charge < -0.3 is 20.3 Å². The molecule has 1 amide bonds. The molecule has 6 nitrogen and oxygen atoms in total. The van der Waals surface area contributed by atoms with Crippen LogP contribution < -0.4 is 5.32 Å². The third-order valence-electron chi connectivity index (χ3n) is 3.68. The Morgan fingerprint density at radius 1 is 1.38 bits per heavy atom. The number of hydrogen-bond donors (Lipinski definition) is 3. The predicted octanol–water partition coefficient (Wildman–Crippen LogP) is 1.07. The minimum atomic E-state index is -1.10. The summed E-state index contributed by atoms with van der Waals surface area (Å²) < 4.78 is 5.41. The number of carbonyl (C=O) groups is 2. The zero-order valence-electron chi connectivity index (χ0n) is 11.8. The van der Waals surface area contributed by atoms with Crippen molar-refractivity contribution >= 4 is 11.9 Å². The van der Waals surface area contributed by atoms with Crippen LogP contribution in [0, 0.1) is 0 Å². The van der Waals surface area contributed by atoms with Gasteiger partial charge in [-0.25, -0.2) is 4.79 Å². The van der Waals surface area contributed by atoms with E-state index < -0.39 is 23.5 Å². The van der Waals surface area contributed by atoms with Crippen LogP contribution in [0.15, 0.2) is 24.3 Å². The van der Waals surface area contributed by atoms with Crippen LogP contribution in [0.2, 0.25) is 0 Å². The van der Waals surface area contributed by atoms with Crippen molar-refractivity contribution in [3.63, 3.8) is 0 Å². The molecule has 1 aromatic rings. The number of carboxylic acid groups (broad SMARTS) is 1. The lowest BCUT2D eigenvalue weighted by Crippen LogP contribution is -2.51. The van der Waals surface area contributed by atoms with Crippen molar-refractivity contribution in [3.8, 4) is 5.75 Å². The third kappa shape index (κ3) is 3.72. The maximum Gasteiger partial charge on any atom is 0.326 e. The number of phenols is 1. The molecule has 21 heavy (non-hydrogen) atoms. The number of carboxylic acids is 1. The van der Waals surface area contributed by atoms with Gasteiger partial charge in [-0.15, -0.1) is 0 Å². The lowest BCUT2D eigenvalue weighted by molar-refractivity contribution is -0.147. The normalized spacial score (nSPS) is 22.7. The quantitative estimate of drug-likeness (QED) is 0.755. The fourth-order valence-electron chi connectivity index (χ4n) is 2.34. The highest BCUT2D eigenvalue weighted by atomic mass is 16.5. The summed E-state index contributed by atoms with van der Waals surface area (Å²) in [6.45, 7) is 2.19. The first-order valence-corrected chi connectivity index (χ1v) is 6.86. The van der Waals surface area contributed by atoms with E-state index in [1.54, 1.807) is 19.1 Å². The molecule has 3 N–H and O–H groups in total. The summed E-state index contributed by atoms with van der Waals surface area (Å²) in [5.74, 6) is -1.38. The topological polar surface area (TPSA) is 95.9 Å². The van der Waals surface area contributed by atoms with Gasteiger partial charge in [0.25, 0.3) is 5.91 Å². The highest BCUT2D eigenvalue weighted by Gasteiger charge is 2.39. The summed E-state index contributed by atoms with van der Waals surface area (Å²) in [6, 6.07) is 5.20. The van der Waals surface area contributed by atoms with Crippen LogP contribution in [0.4, 0.5) is 0 Å². The number of rotatable bonds is 5. The van der Waals surface area contributed by atoms with Crippen LogP contribution in [-0.4, -0.2) is 40.3 Å². The predicted molar refractivity (Wildman–Crippen MR) is 75.0 cm³/mol. The first-order chi connectivity index (χ1) is 9.90. The number of carbonyl (C=O) groups excluding carboxylic acids is 1. The fourth-order valence-corrected chi connectivity index (χ4v) is 2.34. The summed E-state index contributed by atoms with van der Waals surface area (Å²) in [5, 5.41) is 21.0. The summed E-state index contributed by atoms with van der Waals surface area (Å²) >= 11 is 0. The van der Waals surface area contributed by atoms with E-state index in [1.165, 1.54) is 12.1 Å². The van der Waals surface area contributed by atoms with Crippen LogP contribution in [0.25, 0.3) is 0 Å². The number of nitrogens with one attached hydrogen (secondary N) is 1. The smallest absolute Gasteiger partial charge is 0.326 e. The molecule has 0 aliphatic carbocycles. The molecule has 2 rings (SSSR count). The highest BCUT2D eigenvalue weighted by molar-refractivity contribution is 5.89. The average molecular weight is 293 g/mol. The molecule has 0 bridgehead atoms. The Balaban J connectivity index is 2.04. The van der Waals surface area contributed by atoms with Crippen LogP contribution in [-0.2, 0) is 20.7 Å². The molecule has 1 heterocycles. The molecule has 1 aliphatic rings. The first-order valence-electron chi connectivity index (χ1n) is 6.86. The van der Waals surface area contributed by atoms with Crippen LogP contribution in [0.3, 0.4) is 0 Å². The maximum absolute atomic E-state index is 12.2. The van der Waals surface area contributed by atoms with E-state index in [0.29, 0.717) is 13.0 Å². The monoisotopic (exact) mass is 293 g/mol. The number of aromatic hydroxyl groups is 1. The van der Waals surface area contributed by atoms with Crippen molar-refractivity contribution in [1.29, 1.82) is 0 Å². The van der Waals surface area contributed by atoms with E-state index >= 15 is 0 Å². The lowest BCUT2D eigenvalue weighted by Gasteiger charge is -2.24. The number of ether oxygens (including phenoxy) is 1. The Morgan fingerprint density at radius 3 is 2.57 bits per heavy atom. The van der Waals surface area contributed by atoms with E-state index in [9.17, 15) is 19.8 Å². The SMILES string of the molecule is CC1(C(=O)N[C@@H](Cc2ccc(O)cc2)C(=O)O)CCCO1. The van der Waals surface area contributed by atoms with Gasteiger partial charge in [-0.3, -0.25) is 4.79 Å². The zero-order chi connectivity index (χ0) is 15.5. The molecule has 0 saturated carbocycles. The molecule has 1 aliphatic heterocycles. The number of phenolic OH excluding ortho intramolecular Hbond substituents is 1. The second-order valence-electron chi connectivity index (χ2n) is 5.42. The molecule has 1 saturated heterocycles. The van der Waals surface area contributed by atoms with Gasteiger partial charge in [-0.1, -0.05) is 12.1 Å². The van der Waals surface area contributed by atoms with Gasteiger partial charge in [0.1, 0.15) is 17.4 Å². The standard InChI is InChI=1S/C15H19NO5/c1-15(7-2-8-21-15)14(20)16-12(13(18)19)9-10-3-5-11(17)6-4-10/h3-6,12,17H,2,7-9H2,1H3,(H,16,20)(H,18,19)/t12-,15?/m0/s1. The Labute approximate surface area is 122 Å². The van der Waals surface area contributed by atoms with Gasteiger partial charge in [0.2, 0.25) is 0 Å². The second-order valence-corrected chi connectivity index (χ2v) is 5.42. The maximum atomic E-state index is 12.2. The van der Waals surface area contributed by atoms with Crippen LogP contribution >= 0.6 is 0 Å². The van der Waals surface area contributed by atoms with Gasteiger partial charge in [0.15, 0.2) is 0 Å². The Morgan fingerprint density at radius 2 is 2.05 bits per heavy atom. The minimum absolute atomic E-state index is 0.113. The second kappa shape index (κ2) is 6.13.